The van der Waals surface area contributed by atoms with Gasteiger partial charge in [-0.2, -0.15) is 10.2 Å². The Balaban J connectivity index is 1.42. The molecule has 1 aliphatic rings. The number of piperazine rings is 1. The molecule has 3 heterocycles. The van der Waals surface area contributed by atoms with Crippen LogP contribution in [-0.4, -0.2) is 63.0 Å². The van der Waals surface area contributed by atoms with Crippen LogP contribution in [0.15, 0.2) is 60.1 Å². The average Bonchev–Trinajstić information content (AvgIpc) is 3.41. The lowest BCUT2D eigenvalue weighted by Crippen LogP contribution is -2.55. The van der Waals surface area contributed by atoms with Crippen LogP contribution in [-0.2, 0) is 18.4 Å². The number of amides is 1. The lowest BCUT2D eigenvalue weighted by molar-refractivity contribution is -0.120. The van der Waals surface area contributed by atoms with Gasteiger partial charge in [-0.15, -0.1) is 0 Å². The zero-order chi connectivity index (χ0) is 20.2. The first-order chi connectivity index (χ1) is 14.2. The number of aryl methyl sites for hydroxylation is 1. The highest BCUT2D eigenvalue weighted by molar-refractivity contribution is 5.98. The van der Waals surface area contributed by atoms with E-state index >= 15 is 0 Å². The second-order valence-electron chi connectivity index (χ2n) is 6.82. The second-order valence-corrected chi connectivity index (χ2v) is 6.82. The van der Waals surface area contributed by atoms with E-state index in [0.29, 0.717) is 25.6 Å². The molecule has 2 aromatic heterocycles. The number of rotatable bonds is 4. The van der Waals surface area contributed by atoms with Crippen LogP contribution in [0.4, 0.5) is 5.69 Å². The lowest BCUT2D eigenvalue weighted by atomic mass is 10.2. The topological polar surface area (TPSA) is 83.6 Å². The Morgan fingerprint density at radius 3 is 2.76 bits per heavy atom. The average molecular weight is 392 g/mol. The van der Waals surface area contributed by atoms with Crippen LogP contribution in [0.3, 0.4) is 0 Å². The van der Waals surface area contributed by atoms with E-state index in [0.717, 1.165) is 16.9 Å². The maximum absolute atomic E-state index is 12.7. The number of anilines is 1. The zero-order valence-corrected chi connectivity index (χ0v) is 16.6. The van der Waals surface area contributed by atoms with Crippen LogP contribution in [0.2, 0.25) is 0 Å². The maximum Gasteiger partial charge on any atom is 0.246 e. The number of hydrogen-bond acceptors (Lipinski definition) is 4. The van der Waals surface area contributed by atoms with E-state index in [1.807, 2.05) is 53.3 Å². The fraction of sp³-hybridized carbons (Fsp3) is 0.300. The van der Waals surface area contributed by atoms with Crippen molar-refractivity contribution < 1.29 is 4.79 Å². The number of para-hydroxylation sites is 1. The molecule has 1 amide bonds. The number of nitrogens with one attached hydrogen (secondary N) is 1. The third-order valence-electron chi connectivity index (χ3n) is 4.91. The molecule has 1 N–H and O–H groups in total. The summed E-state index contributed by atoms with van der Waals surface area (Å²) in [7, 11) is 3.58. The highest BCUT2D eigenvalue weighted by Gasteiger charge is 2.27. The van der Waals surface area contributed by atoms with Gasteiger partial charge in [-0.3, -0.25) is 14.5 Å². The lowest BCUT2D eigenvalue weighted by Gasteiger charge is -2.35. The summed E-state index contributed by atoms with van der Waals surface area (Å²) < 4.78 is 3.54. The molecule has 0 unspecified atom stereocenters. The fourth-order valence-electron chi connectivity index (χ4n) is 3.48. The van der Waals surface area contributed by atoms with Crippen molar-refractivity contribution in [1.82, 2.24) is 29.8 Å². The number of carbonyl (C=O) groups is 1. The van der Waals surface area contributed by atoms with E-state index < -0.39 is 0 Å². The molecule has 0 bridgehead atoms. The van der Waals surface area contributed by atoms with Crippen LogP contribution in [0, 0.1) is 0 Å². The molecule has 9 heteroatoms. The van der Waals surface area contributed by atoms with Gasteiger partial charge in [0.2, 0.25) is 5.91 Å². The molecule has 0 radical (unpaired) electrons. The van der Waals surface area contributed by atoms with Crippen LogP contribution in [0.1, 0.15) is 5.56 Å². The van der Waals surface area contributed by atoms with Gasteiger partial charge in [0.25, 0.3) is 0 Å². The second kappa shape index (κ2) is 8.17. The first kappa shape index (κ1) is 18.7. The van der Waals surface area contributed by atoms with Gasteiger partial charge in [0, 0.05) is 52.3 Å². The van der Waals surface area contributed by atoms with Gasteiger partial charge in [0.05, 0.1) is 17.6 Å². The smallest absolute Gasteiger partial charge is 0.246 e. The summed E-state index contributed by atoms with van der Waals surface area (Å²) in [5, 5.41) is 11.9. The van der Waals surface area contributed by atoms with Crippen LogP contribution in [0.25, 0.3) is 5.69 Å². The van der Waals surface area contributed by atoms with Gasteiger partial charge in [0.15, 0.2) is 5.96 Å². The van der Waals surface area contributed by atoms with Crippen molar-refractivity contribution >= 4 is 17.6 Å². The van der Waals surface area contributed by atoms with Gasteiger partial charge >= 0.3 is 0 Å². The van der Waals surface area contributed by atoms with E-state index in [1.54, 1.807) is 29.0 Å². The van der Waals surface area contributed by atoms with E-state index in [-0.39, 0.29) is 12.5 Å². The molecular formula is C20H24N8O. The molecule has 0 saturated carbocycles. The Hall–Kier alpha value is -3.62. The summed E-state index contributed by atoms with van der Waals surface area (Å²) in [6.07, 6.45) is 7.25. The van der Waals surface area contributed by atoms with Crippen molar-refractivity contribution in [2.75, 3.05) is 31.6 Å². The van der Waals surface area contributed by atoms with E-state index in [1.165, 1.54) is 0 Å². The molecule has 1 saturated heterocycles. The van der Waals surface area contributed by atoms with Gasteiger partial charge in [-0.1, -0.05) is 18.2 Å². The van der Waals surface area contributed by atoms with Crippen LogP contribution < -0.4 is 10.2 Å². The van der Waals surface area contributed by atoms with Crippen molar-refractivity contribution in [3.63, 3.8) is 0 Å². The number of nitrogens with zero attached hydrogens (tertiary/aromatic N) is 7. The van der Waals surface area contributed by atoms with Crippen molar-refractivity contribution in [3.8, 4) is 5.69 Å². The largest absolute Gasteiger partial charge is 0.352 e. The maximum atomic E-state index is 12.7. The minimum atomic E-state index is 0.0316. The third kappa shape index (κ3) is 3.98. The molecule has 1 aromatic carbocycles. The van der Waals surface area contributed by atoms with Crippen molar-refractivity contribution in [2.24, 2.45) is 12.0 Å². The summed E-state index contributed by atoms with van der Waals surface area (Å²) in [5.74, 6) is 0.739. The van der Waals surface area contributed by atoms with Gasteiger partial charge in [0.1, 0.15) is 6.54 Å². The standard InChI is InChI=1S/C20H24N8O/c1-21-20(22-12-16-6-3-4-7-18(16)28-9-5-8-23-28)26-10-11-27(19(29)15-26)17-13-24-25(2)14-17/h3-9,13-14H,10-12,15H2,1-2H3,(H,21,22). The molecule has 3 aromatic rings. The molecular weight excluding hydrogens is 368 g/mol. The molecule has 9 nitrogen and oxygen atoms in total. The monoisotopic (exact) mass is 392 g/mol. The van der Waals surface area contributed by atoms with Gasteiger partial charge in [-0.25, -0.2) is 4.68 Å². The summed E-state index contributed by atoms with van der Waals surface area (Å²) in [4.78, 5) is 20.8. The molecule has 29 heavy (non-hydrogen) atoms. The van der Waals surface area contributed by atoms with Crippen molar-refractivity contribution in [1.29, 1.82) is 0 Å². The fourth-order valence-corrected chi connectivity index (χ4v) is 3.48. The zero-order valence-electron chi connectivity index (χ0n) is 16.6. The minimum Gasteiger partial charge on any atom is -0.352 e. The van der Waals surface area contributed by atoms with Crippen molar-refractivity contribution in [2.45, 2.75) is 6.54 Å². The third-order valence-corrected chi connectivity index (χ3v) is 4.91. The SMILES string of the molecule is CN=C(NCc1ccccc1-n1cccn1)N1CCN(c2cnn(C)c2)C(=O)C1. The summed E-state index contributed by atoms with van der Waals surface area (Å²) in [6, 6.07) is 9.98. The number of guanidine groups is 1. The van der Waals surface area contributed by atoms with Crippen molar-refractivity contribution in [3.05, 3.63) is 60.7 Å². The Bertz CT molecular complexity index is 1010. The molecule has 0 spiro atoms. The van der Waals surface area contributed by atoms with E-state index in [2.05, 4.69) is 26.6 Å². The van der Waals surface area contributed by atoms with Crippen LogP contribution >= 0.6 is 0 Å². The number of aromatic nitrogens is 4. The van der Waals surface area contributed by atoms with E-state index in [4.69, 9.17) is 0 Å². The van der Waals surface area contributed by atoms with Gasteiger partial charge < -0.3 is 15.1 Å². The normalized spacial score (nSPS) is 15.1. The molecule has 1 aliphatic heterocycles. The Kier molecular flexibility index (Phi) is 5.28. The Morgan fingerprint density at radius 2 is 2.07 bits per heavy atom. The molecule has 1 fully saturated rings. The predicted octanol–water partition coefficient (Wildman–Crippen LogP) is 1.03. The molecule has 0 atom stereocenters. The Morgan fingerprint density at radius 1 is 1.21 bits per heavy atom. The summed E-state index contributed by atoms with van der Waals surface area (Å²) in [6.45, 7) is 2.14. The number of hydrogen-bond donors (Lipinski definition) is 1. The first-order valence-corrected chi connectivity index (χ1v) is 9.48. The first-order valence-electron chi connectivity index (χ1n) is 9.48. The Labute approximate surface area is 169 Å². The van der Waals surface area contributed by atoms with Crippen LogP contribution in [0.5, 0.6) is 0 Å². The summed E-state index contributed by atoms with van der Waals surface area (Å²) in [5.41, 5.74) is 2.93. The molecule has 0 aliphatic carbocycles. The highest BCUT2D eigenvalue weighted by atomic mass is 16.2. The predicted molar refractivity (Wildman–Crippen MR) is 111 cm³/mol. The van der Waals surface area contributed by atoms with E-state index in [9.17, 15) is 4.79 Å². The minimum absolute atomic E-state index is 0.0316. The quantitative estimate of drug-likeness (QED) is 0.530. The molecule has 150 valence electrons. The number of benzene rings is 1. The van der Waals surface area contributed by atoms with Gasteiger partial charge in [-0.05, 0) is 17.7 Å². The molecule has 4 rings (SSSR count). The number of aliphatic imine (C=N–C) groups is 1. The number of carbonyl (C=O) groups excluding carboxylic acids is 1. The highest BCUT2D eigenvalue weighted by Crippen LogP contribution is 2.17. The summed E-state index contributed by atoms with van der Waals surface area (Å²) >= 11 is 0.